The number of carbonyl (C=O) groups excluding carboxylic acids is 1. The number of hydrogen-bond donors (Lipinski definition) is 2. The highest BCUT2D eigenvalue weighted by atomic mass is 16.5. The Bertz CT molecular complexity index is 854. The first kappa shape index (κ1) is 20.4. The molecule has 0 aliphatic rings. The molecule has 0 fully saturated rings. The van der Waals surface area contributed by atoms with E-state index in [0.29, 0.717) is 26.4 Å². The molecule has 7 nitrogen and oxygen atoms in total. The van der Waals surface area contributed by atoms with Gasteiger partial charge in [-0.25, -0.2) is 9.78 Å². The predicted molar refractivity (Wildman–Crippen MR) is 112 cm³/mol. The number of ether oxygens (including phenoxy) is 2. The van der Waals surface area contributed by atoms with Gasteiger partial charge < -0.3 is 24.7 Å². The van der Waals surface area contributed by atoms with Gasteiger partial charge in [0.1, 0.15) is 12.4 Å². The molecule has 2 aromatic carbocycles. The van der Waals surface area contributed by atoms with E-state index >= 15 is 0 Å². The minimum Gasteiger partial charge on any atom is -0.491 e. The fourth-order valence-electron chi connectivity index (χ4n) is 2.72. The Labute approximate surface area is 170 Å². The molecule has 0 aliphatic carbocycles. The molecule has 0 spiro atoms. The van der Waals surface area contributed by atoms with Gasteiger partial charge in [0.05, 0.1) is 19.5 Å². The second-order valence-electron chi connectivity index (χ2n) is 6.45. The Morgan fingerprint density at radius 1 is 1.07 bits per heavy atom. The summed E-state index contributed by atoms with van der Waals surface area (Å²) in [6.07, 6.45) is 6.25. The first-order chi connectivity index (χ1) is 14.3. The van der Waals surface area contributed by atoms with E-state index in [1.54, 1.807) is 12.5 Å². The van der Waals surface area contributed by atoms with Crippen molar-refractivity contribution in [3.05, 3.63) is 78.9 Å². The van der Waals surface area contributed by atoms with E-state index in [1.165, 1.54) is 0 Å². The van der Waals surface area contributed by atoms with Crippen molar-refractivity contribution in [3.63, 3.8) is 0 Å². The Hall–Kier alpha value is -3.32. The van der Waals surface area contributed by atoms with Crippen LogP contribution >= 0.6 is 0 Å². The molecule has 3 rings (SSSR count). The average molecular weight is 394 g/mol. The molecule has 0 atom stereocenters. The number of urea groups is 1. The van der Waals surface area contributed by atoms with Crippen molar-refractivity contribution in [3.8, 4) is 5.75 Å². The summed E-state index contributed by atoms with van der Waals surface area (Å²) in [6.45, 7) is 2.85. The third-order valence-electron chi connectivity index (χ3n) is 4.13. The Morgan fingerprint density at radius 3 is 2.79 bits per heavy atom. The van der Waals surface area contributed by atoms with Gasteiger partial charge >= 0.3 is 6.03 Å². The smallest absolute Gasteiger partial charge is 0.319 e. The summed E-state index contributed by atoms with van der Waals surface area (Å²) < 4.78 is 13.2. The highest BCUT2D eigenvalue weighted by molar-refractivity contribution is 5.89. The van der Waals surface area contributed by atoms with Crippen LogP contribution < -0.4 is 15.4 Å². The zero-order valence-electron chi connectivity index (χ0n) is 16.3. The molecule has 1 heterocycles. The van der Waals surface area contributed by atoms with Crippen LogP contribution in [0.3, 0.4) is 0 Å². The quantitative estimate of drug-likeness (QED) is 0.486. The number of nitrogens with one attached hydrogen (secondary N) is 2. The molecule has 152 valence electrons. The fourth-order valence-corrected chi connectivity index (χ4v) is 2.72. The largest absolute Gasteiger partial charge is 0.491 e. The standard InChI is InChI=1S/C22H26N4O3/c27-22(24-10-5-12-26-13-11-23-18-26)25-20-7-4-6-19(16-20)17-28-14-15-29-21-8-2-1-3-9-21/h1-4,6-9,11,13,16,18H,5,10,12,14-15,17H2,(H2,24,25,27). The number of imidazole rings is 1. The van der Waals surface area contributed by atoms with E-state index < -0.39 is 0 Å². The number of benzene rings is 2. The lowest BCUT2D eigenvalue weighted by Gasteiger charge is -2.10. The molecular formula is C22H26N4O3. The highest BCUT2D eigenvalue weighted by Gasteiger charge is 2.03. The molecule has 3 aromatic rings. The van der Waals surface area contributed by atoms with Crippen LogP contribution in [0.1, 0.15) is 12.0 Å². The topological polar surface area (TPSA) is 77.4 Å². The highest BCUT2D eigenvalue weighted by Crippen LogP contribution is 2.12. The number of carbonyl (C=O) groups is 1. The molecule has 0 unspecified atom stereocenters. The molecule has 0 aliphatic heterocycles. The van der Waals surface area contributed by atoms with Crippen LogP contribution in [0.4, 0.5) is 10.5 Å². The molecule has 7 heteroatoms. The molecule has 0 radical (unpaired) electrons. The van der Waals surface area contributed by atoms with Crippen molar-refractivity contribution in [1.82, 2.24) is 14.9 Å². The minimum absolute atomic E-state index is 0.218. The van der Waals surface area contributed by atoms with Gasteiger partial charge in [-0.05, 0) is 36.2 Å². The van der Waals surface area contributed by atoms with Gasteiger partial charge in [-0.2, -0.15) is 0 Å². The lowest BCUT2D eigenvalue weighted by Crippen LogP contribution is -2.30. The van der Waals surface area contributed by atoms with Crippen molar-refractivity contribution in [2.75, 3.05) is 25.1 Å². The van der Waals surface area contributed by atoms with Crippen LogP contribution in [-0.4, -0.2) is 35.3 Å². The van der Waals surface area contributed by atoms with Crippen LogP contribution in [0.15, 0.2) is 73.3 Å². The maximum absolute atomic E-state index is 12.0. The third-order valence-corrected chi connectivity index (χ3v) is 4.13. The molecule has 1 aromatic heterocycles. The molecule has 2 N–H and O–H groups in total. The van der Waals surface area contributed by atoms with E-state index in [2.05, 4.69) is 15.6 Å². The van der Waals surface area contributed by atoms with Crippen molar-refractivity contribution in [2.24, 2.45) is 0 Å². The Kier molecular flexibility index (Phi) is 8.10. The molecule has 29 heavy (non-hydrogen) atoms. The van der Waals surface area contributed by atoms with Crippen molar-refractivity contribution >= 4 is 11.7 Å². The summed E-state index contributed by atoms with van der Waals surface area (Å²) in [6, 6.07) is 17.1. The normalized spacial score (nSPS) is 10.5. The van der Waals surface area contributed by atoms with Crippen LogP contribution in [-0.2, 0) is 17.9 Å². The van der Waals surface area contributed by atoms with Crippen molar-refractivity contribution < 1.29 is 14.3 Å². The lowest BCUT2D eigenvalue weighted by atomic mass is 10.2. The second-order valence-corrected chi connectivity index (χ2v) is 6.45. The summed E-state index contributed by atoms with van der Waals surface area (Å²) in [5, 5.41) is 5.71. The maximum Gasteiger partial charge on any atom is 0.319 e. The van der Waals surface area contributed by atoms with E-state index in [1.807, 2.05) is 65.4 Å². The lowest BCUT2D eigenvalue weighted by molar-refractivity contribution is 0.0889. The van der Waals surface area contributed by atoms with Crippen LogP contribution in [0.5, 0.6) is 5.75 Å². The molecule has 0 bridgehead atoms. The maximum atomic E-state index is 12.0. The van der Waals surface area contributed by atoms with Gasteiger partial charge in [0.2, 0.25) is 0 Å². The van der Waals surface area contributed by atoms with Crippen molar-refractivity contribution in [1.29, 1.82) is 0 Å². The zero-order valence-corrected chi connectivity index (χ0v) is 16.3. The number of para-hydroxylation sites is 1. The third kappa shape index (κ3) is 7.67. The molecular weight excluding hydrogens is 368 g/mol. The van der Waals surface area contributed by atoms with Gasteiger partial charge in [0.25, 0.3) is 0 Å². The van der Waals surface area contributed by atoms with Gasteiger partial charge in [0, 0.05) is 31.2 Å². The predicted octanol–water partition coefficient (Wildman–Crippen LogP) is 3.69. The van der Waals surface area contributed by atoms with Gasteiger partial charge in [0.15, 0.2) is 0 Å². The summed E-state index contributed by atoms with van der Waals surface area (Å²) >= 11 is 0. The summed E-state index contributed by atoms with van der Waals surface area (Å²) in [5.41, 5.74) is 1.72. The zero-order chi connectivity index (χ0) is 20.2. The van der Waals surface area contributed by atoms with E-state index in [9.17, 15) is 4.79 Å². The first-order valence-electron chi connectivity index (χ1n) is 9.65. The Balaban J connectivity index is 1.31. The summed E-state index contributed by atoms with van der Waals surface area (Å²) in [4.78, 5) is 16.0. The minimum atomic E-state index is -0.218. The molecule has 0 saturated carbocycles. The van der Waals surface area contributed by atoms with E-state index in [4.69, 9.17) is 9.47 Å². The molecule has 0 saturated heterocycles. The number of aryl methyl sites for hydroxylation is 1. The van der Waals surface area contributed by atoms with Gasteiger partial charge in [-0.1, -0.05) is 30.3 Å². The van der Waals surface area contributed by atoms with Gasteiger partial charge in [-0.3, -0.25) is 0 Å². The molecule has 2 amide bonds. The number of amides is 2. The number of rotatable bonds is 11. The monoisotopic (exact) mass is 394 g/mol. The fraction of sp³-hybridized carbons (Fsp3) is 0.273. The van der Waals surface area contributed by atoms with Crippen LogP contribution in [0.25, 0.3) is 0 Å². The van der Waals surface area contributed by atoms with Crippen LogP contribution in [0, 0.1) is 0 Å². The summed E-state index contributed by atoms with van der Waals surface area (Å²) in [7, 11) is 0. The second kappa shape index (κ2) is 11.5. The number of hydrogen-bond acceptors (Lipinski definition) is 4. The van der Waals surface area contributed by atoms with Crippen molar-refractivity contribution in [2.45, 2.75) is 19.6 Å². The number of anilines is 1. The number of nitrogens with zero attached hydrogens (tertiary/aromatic N) is 2. The summed E-state index contributed by atoms with van der Waals surface area (Å²) in [5.74, 6) is 0.832. The van der Waals surface area contributed by atoms with Gasteiger partial charge in [-0.15, -0.1) is 0 Å². The Morgan fingerprint density at radius 2 is 1.97 bits per heavy atom. The average Bonchev–Trinajstić information content (AvgIpc) is 3.26. The van der Waals surface area contributed by atoms with Crippen LogP contribution in [0.2, 0.25) is 0 Å². The SMILES string of the molecule is O=C(NCCCn1ccnc1)Nc1cccc(COCCOc2ccccc2)c1. The van der Waals surface area contributed by atoms with E-state index in [-0.39, 0.29) is 6.03 Å². The van der Waals surface area contributed by atoms with E-state index in [0.717, 1.165) is 30.0 Å². The first-order valence-corrected chi connectivity index (χ1v) is 9.65. The number of aromatic nitrogens is 2.